The number of anilines is 1. The molecular weight excluding hydrogens is 292 g/mol. The van der Waals surface area contributed by atoms with E-state index in [0.29, 0.717) is 23.7 Å². The average molecular weight is 311 g/mol. The molecule has 2 atom stereocenters. The summed E-state index contributed by atoms with van der Waals surface area (Å²) in [6.07, 6.45) is 2.42. The van der Waals surface area contributed by atoms with Crippen molar-refractivity contribution in [3.8, 4) is 0 Å². The van der Waals surface area contributed by atoms with Crippen molar-refractivity contribution in [1.82, 2.24) is 5.32 Å². The first-order chi connectivity index (χ1) is 9.97. The van der Waals surface area contributed by atoms with Crippen molar-refractivity contribution in [2.45, 2.75) is 26.2 Å². The van der Waals surface area contributed by atoms with Crippen molar-refractivity contribution in [3.63, 3.8) is 0 Å². The standard InChI is InChI=1S/C15H19ClN2O3/c1-9-5-6-13(12(16)7-9)18-15(21)17-8-10-3-2-4-11(10)14(19)20/h5-7,10-11H,2-4,8H2,1H3,(H,19,20)(H2,17,18,21). The Morgan fingerprint density at radius 3 is 2.81 bits per heavy atom. The predicted octanol–water partition coefficient (Wildman–Crippen LogP) is 3.27. The molecule has 0 aliphatic heterocycles. The molecule has 1 aliphatic carbocycles. The molecule has 0 spiro atoms. The SMILES string of the molecule is Cc1ccc(NC(=O)NCC2CCCC2C(=O)O)c(Cl)c1. The van der Waals surface area contributed by atoms with Gasteiger partial charge in [-0.1, -0.05) is 24.1 Å². The molecule has 5 nitrogen and oxygen atoms in total. The lowest BCUT2D eigenvalue weighted by atomic mass is 9.96. The molecule has 114 valence electrons. The van der Waals surface area contributed by atoms with E-state index in [-0.39, 0.29) is 17.9 Å². The minimum atomic E-state index is -0.777. The van der Waals surface area contributed by atoms with Gasteiger partial charge in [0.25, 0.3) is 0 Å². The quantitative estimate of drug-likeness (QED) is 0.798. The summed E-state index contributed by atoms with van der Waals surface area (Å²) in [6.45, 7) is 2.29. The van der Waals surface area contributed by atoms with Gasteiger partial charge in [-0.15, -0.1) is 0 Å². The fourth-order valence-electron chi connectivity index (χ4n) is 2.72. The van der Waals surface area contributed by atoms with Crippen molar-refractivity contribution in [3.05, 3.63) is 28.8 Å². The van der Waals surface area contributed by atoms with Crippen molar-refractivity contribution in [2.75, 3.05) is 11.9 Å². The highest BCUT2D eigenvalue weighted by Gasteiger charge is 2.32. The largest absolute Gasteiger partial charge is 0.481 e. The van der Waals surface area contributed by atoms with Crippen LogP contribution in [-0.2, 0) is 4.79 Å². The predicted molar refractivity (Wildman–Crippen MR) is 81.7 cm³/mol. The Morgan fingerprint density at radius 1 is 1.38 bits per heavy atom. The Labute approximate surface area is 128 Å². The lowest BCUT2D eigenvalue weighted by molar-refractivity contribution is -0.142. The lowest BCUT2D eigenvalue weighted by Gasteiger charge is -2.17. The summed E-state index contributed by atoms with van der Waals surface area (Å²) in [6, 6.07) is 5.01. The first-order valence-electron chi connectivity index (χ1n) is 7.01. The highest BCUT2D eigenvalue weighted by molar-refractivity contribution is 6.33. The minimum Gasteiger partial charge on any atom is -0.481 e. The summed E-state index contributed by atoms with van der Waals surface area (Å²) in [5.41, 5.74) is 1.56. The molecule has 1 aromatic carbocycles. The summed E-state index contributed by atoms with van der Waals surface area (Å²) in [7, 11) is 0. The number of carboxylic acid groups (broad SMARTS) is 1. The molecule has 21 heavy (non-hydrogen) atoms. The van der Waals surface area contributed by atoms with Gasteiger partial charge in [-0.2, -0.15) is 0 Å². The number of rotatable bonds is 4. The summed E-state index contributed by atoms with van der Waals surface area (Å²) in [5, 5.41) is 15.0. The maximum Gasteiger partial charge on any atom is 0.319 e. The molecule has 3 N–H and O–H groups in total. The first-order valence-corrected chi connectivity index (χ1v) is 7.39. The van der Waals surface area contributed by atoms with Gasteiger partial charge in [-0.25, -0.2) is 4.79 Å². The number of carbonyl (C=O) groups excluding carboxylic acids is 1. The summed E-state index contributed by atoms with van der Waals surface area (Å²) < 4.78 is 0. The number of carboxylic acids is 1. The van der Waals surface area contributed by atoms with Crippen LogP contribution in [0.25, 0.3) is 0 Å². The van der Waals surface area contributed by atoms with E-state index < -0.39 is 5.97 Å². The molecule has 1 fully saturated rings. The number of benzene rings is 1. The number of carbonyl (C=O) groups is 2. The number of halogens is 1. The Balaban J connectivity index is 1.86. The second-order valence-electron chi connectivity index (χ2n) is 5.45. The molecule has 0 radical (unpaired) electrons. The highest BCUT2D eigenvalue weighted by Crippen LogP contribution is 2.31. The molecule has 1 aromatic rings. The molecular formula is C15H19ClN2O3. The van der Waals surface area contributed by atoms with Crippen LogP contribution in [-0.4, -0.2) is 23.7 Å². The van der Waals surface area contributed by atoms with Gasteiger partial charge in [-0.3, -0.25) is 4.79 Å². The van der Waals surface area contributed by atoms with Gasteiger partial charge < -0.3 is 15.7 Å². The van der Waals surface area contributed by atoms with Gasteiger partial charge in [0, 0.05) is 6.54 Å². The third-order valence-electron chi connectivity index (χ3n) is 3.87. The normalized spacial score (nSPS) is 21.0. The first kappa shape index (κ1) is 15.6. The Hall–Kier alpha value is -1.75. The molecule has 6 heteroatoms. The topological polar surface area (TPSA) is 78.4 Å². The third-order valence-corrected chi connectivity index (χ3v) is 4.19. The number of hydrogen-bond donors (Lipinski definition) is 3. The Bertz CT molecular complexity index is 548. The van der Waals surface area contributed by atoms with E-state index >= 15 is 0 Å². The fraction of sp³-hybridized carbons (Fsp3) is 0.467. The zero-order valence-corrected chi connectivity index (χ0v) is 12.6. The van der Waals surface area contributed by atoms with E-state index in [1.165, 1.54) is 0 Å². The number of nitrogens with one attached hydrogen (secondary N) is 2. The van der Waals surface area contributed by atoms with Crippen LogP contribution in [0.1, 0.15) is 24.8 Å². The highest BCUT2D eigenvalue weighted by atomic mass is 35.5. The molecule has 2 unspecified atom stereocenters. The van der Waals surface area contributed by atoms with E-state index in [0.717, 1.165) is 18.4 Å². The zero-order chi connectivity index (χ0) is 15.4. The van der Waals surface area contributed by atoms with Crippen molar-refractivity contribution < 1.29 is 14.7 Å². The van der Waals surface area contributed by atoms with E-state index in [1.807, 2.05) is 13.0 Å². The summed E-state index contributed by atoms with van der Waals surface area (Å²) in [4.78, 5) is 22.9. The van der Waals surface area contributed by atoms with Gasteiger partial charge in [0.1, 0.15) is 0 Å². The molecule has 0 aromatic heterocycles. The maximum atomic E-state index is 11.9. The fourth-order valence-corrected chi connectivity index (χ4v) is 3.00. The van der Waals surface area contributed by atoms with Gasteiger partial charge in [0.05, 0.1) is 16.6 Å². The minimum absolute atomic E-state index is 0.00161. The maximum absolute atomic E-state index is 11.9. The third kappa shape index (κ3) is 4.11. The number of amides is 2. The van der Waals surface area contributed by atoms with E-state index in [2.05, 4.69) is 10.6 Å². The molecule has 1 aliphatic rings. The lowest BCUT2D eigenvalue weighted by Crippen LogP contribution is -2.35. The van der Waals surface area contributed by atoms with Crippen LogP contribution in [0.2, 0.25) is 5.02 Å². The smallest absolute Gasteiger partial charge is 0.319 e. The molecule has 2 rings (SSSR count). The molecule has 1 saturated carbocycles. The van der Waals surface area contributed by atoms with Crippen LogP contribution in [0.3, 0.4) is 0 Å². The number of aryl methyl sites for hydroxylation is 1. The van der Waals surface area contributed by atoms with E-state index in [4.69, 9.17) is 16.7 Å². The van der Waals surface area contributed by atoms with Crippen LogP contribution < -0.4 is 10.6 Å². The van der Waals surface area contributed by atoms with Gasteiger partial charge in [-0.05, 0) is 43.4 Å². The van der Waals surface area contributed by atoms with Crippen LogP contribution in [0.15, 0.2) is 18.2 Å². The van der Waals surface area contributed by atoms with Gasteiger partial charge >= 0.3 is 12.0 Å². The van der Waals surface area contributed by atoms with Gasteiger partial charge in [0.2, 0.25) is 0 Å². The molecule has 0 saturated heterocycles. The van der Waals surface area contributed by atoms with Gasteiger partial charge in [0.15, 0.2) is 0 Å². The average Bonchev–Trinajstić information content (AvgIpc) is 2.88. The number of urea groups is 1. The number of aliphatic carboxylic acids is 1. The van der Waals surface area contributed by atoms with Crippen LogP contribution in [0.4, 0.5) is 10.5 Å². The zero-order valence-electron chi connectivity index (χ0n) is 11.9. The number of hydrogen-bond acceptors (Lipinski definition) is 2. The van der Waals surface area contributed by atoms with Crippen LogP contribution in [0, 0.1) is 18.8 Å². The summed E-state index contributed by atoms with van der Waals surface area (Å²) >= 11 is 6.05. The van der Waals surface area contributed by atoms with E-state index in [1.54, 1.807) is 12.1 Å². The van der Waals surface area contributed by atoms with E-state index in [9.17, 15) is 9.59 Å². The monoisotopic (exact) mass is 310 g/mol. The second-order valence-corrected chi connectivity index (χ2v) is 5.86. The van der Waals surface area contributed by atoms with Crippen molar-refractivity contribution in [1.29, 1.82) is 0 Å². The molecule has 0 bridgehead atoms. The Kier molecular flexibility index (Phi) is 5.07. The van der Waals surface area contributed by atoms with Crippen molar-refractivity contribution in [2.24, 2.45) is 11.8 Å². The summed E-state index contributed by atoms with van der Waals surface area (Å²) in [5.74, 6) is -1.13. The van der Waals surface area contributed by atoms with Crippen LogP contribution >= 0.6 is 11.6 Å². The van der Waals surface area contributed by atoms with Crippen molar-refractivity contribution >= 4 is 29.3 Å². The second kappa shape index (κ2) is 6.80. The molecule has 2 amide bonds. The van der Waals surface area contributed by atoms with Crippen LogP contribution in [0.5, 0.6) is 0 Å². The Morgan fingerprint density at radius 2 is 2.14 bits per heavy atom. The molecule has 0 heterocycles.